The zero-order valence-corrected chi connectivity index (χ0v) is 12.1. The SMILES string of the molecule is COc1ccc2c(c1)CCN2C(=O)Cc1ccc(F)cc1F. The third-order valence-corrected chi connectivity index (χ3v) is 3.84. The number of hydrogen-bond acceptors (Lipinski definition) is 2. The molecule has 22 heavy (non-hydrogen) atoms. The monoisotopic (exact) mass is 303 g/mol. The van der Waals surface area contributed by atoms with Crippen molar-refractivity contribution >= 4 is 11.6 Å². The number of hydrogen-bond donors (Lipinski definition) is 0. The molecule has 0 radical (unpaired) electrons. The number of nitrogens with zero attached hydrogens (tertiary/aromatic N) is 1. The summed E-state index contributed by atoms with van der Waals surface area (Å²) in [5.74, 6) is -0.790. The van der Waals surface area contributed by atoms with Crippen LogP contribution in [0.1, 0.15) is 11.1 Å². The van der Waals surface area contributed by atoms with E-state index < -0.39 is 11.6 Å². The maximum atomic E-state index is 13.7. The zero-order valence-electron chi connectivity index (χ0n) is 12.1. The van der Waals surface area contributed by atoms with Gasteiger partial charge in [0.25, 0.3) is 0 Å². The summed E-state index contributed by atoms with van der Waals surface area (Å²) in [5.41, 5.74) is 2.06. The minimum Gasteiger partial charge on any atom is -0.497 e. The predicted molar refractivity (Wildman–Crippen MR) is 79.1 cm³/mol. The lowest BCUT2D eigenvalue weighted by atomic mass is 10.1. The fourth-order valence-corrected chi connectivity index (χ4v) is 2.69. The molecule has 5 heteroatoms. The molecule has 0 atom stereocenters. The Labute approximate surface area is 127 Å². The molecule has 3 rings (SSSR count). The van der Waals surface area contributed by atoms with Crippen LogP contribution in [-0.2, 0) is 17.6 Å². The lowest BCUT2D eigenvalue weighted by Crippen LogP contribution is -2.30. The summed E-state index contributed by atoms with van der Waals surface area (Å²) in [6.45, 7) is 0.560. The standard InChI is InChI=1S/C17H15F2NO2/c1-22-14-4-5-16-12(8-14)6-7-20(16)17(21)9-11-2-3-13(18)10-15(11)19/h2-5,8,10H,6-7,9H2,1H3. The molecular formula is C17H15F2NO2. The zero-order chi connectivity index (χ0) is 15.7. The van der Waals surface area contributed by atoms with E-state index >= 15 is 0 Å². The molecule has 1 heterocycles. The molecule has 3 nitrogen and oxygen atoms in total. The van der Waals surface area contributed by atoms with Crippen LogP contribution < -0.4 is 9.64 Å². The van der Waals surface area contributed by atoms with Crippen molar-refractivity contribution in [3.8, 4) is 5.75 Å². The van der Waals surface area contributed by atoms with Crippen molar-refractivity contribution in [1.82, 2.24) is 0 Å². The highest BCUT2D eigenvalue weighted by Crippen LogP contribution is 2.31. The number of benzene rings is 2. The van der Waals surface area contributed by atoms with Gasteiger partial charge >= 0.3 is 0 Å². The highest BCUT2D eigenvalue weighted by molar-refractivity contribution is 5.96. The molecule has 114 valence electrons. The molecule has 0 fully saturated rings. The van der Waals surface area contributed by atoms with E-state index in [1.54, 1.807) is 18.1 Å². The Balaban J connectivity index is 1.80. The second-order valence-corrected chi connectivity index (χ2v) is 5.20. The average Bonchev–Trinajstić information content (AvgIpc) is 2.93. The van der Waals surface area contributed by atoms with Gasteiger partial charge in [-0.1, -0.05) is 6.07 Å². The number of ether oxygens (including phenoxy) is 1. The average molecular weight is 303 g/mol. The molecule has 0 saturated carbocycles. The predicted octanol–water partition coefficient (Wildman–Crippen LogP) is 3.11. The first-order valence-electron chi connectivity index (χ1n) is 6.99. The topological polar surface area (TPSA) is 29.5 Å². The summed E-state index contributed by atoms with van der Waals surface area (Å²) in [5, 5.41) is 0. The van der Waals surface area contributed by atoms with Crippen LogP contribution in [0.5, 0.6) is 5.75 Å². The van der Waals surface area contributed by atoms with Gasteiger partial charge in [0.2, 0.25) is 5.91 Å². The number of carbonyl (C=O) groups is 1. The Hall–Kier alpha value is -2.43. The largest absolute Gasteiger partial charge is 0.497 e. The Morgan fingerprint density at radius 1 is 1.23 bits per heavy atom. The molecule has 0 unspecified atom stereocenters. The van der Waals surface area contributed by atoms with Crippen LogP contribution in [0.2, 0.25) is 0 Å². The Bertz CT molecular complexity index is 731. The van der Waals surface area contributed by atoms with Gasteiger partial charge in [0, 0.05) is 18.3 Å². The molecular weight excluding hydrogens is 288 g/mol. The van der Waals surface area contributed by atoms with Crippen molar-refractivity contribution in [2.24, 2.45) is 0 Å². The molecule has 0 aromatic heterocycles. The summed E-state index contributed by atoms with van der Waals surface area (Å²) >= 11 is 0. The Kier molecular flexibility index (Phi) is 3.79. The van der Waals surface area contributed by atoms with Crippen LogP contribution in [0.3, 0.4) is 0 Å². The number of anilines is 1. The van der Waals surface area contributed by atoms with Crippen LogP contribution in [0.25, 0.3) is 0 Å². The third kappa shape index (κ3) is 2.66. The highest BCUT2D eigenvalue weighted by atomic mass is 19.1. The van der Waals surface area contributed by atoms with E-state index in [1.807, 2.05) is 12.1 Å². The van der Waals surface area contributed by atoms with Crippen molar-refractivity contribution < 1.29 is 18.3 Å². The molecule has 1 amide bonds. The molecule has 0 spiro atoms. The van der Waals surface area contributed by atoms with Gasteiger partial charge in [0.15, 0.2) is 0 Å². The second-order valence-electron chi connectivity index (χ2n) is 5.20. The van der Waals surface area contributed by atoms with Gasteiger partial charge in [-0.15, -0.1) is 0 Å². The lowest BCUT2D eigenvalue weighted by molar-refractivity contribution is -0.117. The minimum atomic E-state index is -0.692. The van der Waals surface area contributed by atoms with Gasteiger partial charge < -0.3 is 9.64 Å². The number of methoxy groups -OCH3 is 1. The molecule has 2 aromatic rings. The summed E-state index contributed by atoms with van der Waals surface area (Å²) in [7, 11) is 1.59. The van der Waals surface area contributed by atoms with Crippen molar-refractivity contribution in [1.29, 1.82) is 0 Å². The van der Waals surface area contributed by atoms with E-state index in [2.05, 4.69) is 0 Å². The quantitative estimate of drug-likeness (QED) is 0.872. The van der Waals surface area contributed by atoms with E-state index in [0.717, 1.165) is 35.6 Å². The van der Waals surface area contributed by atoms with Crippen molar-refractivity contribution in [3.63, 3.8) is 0 Å². The van der Waals surface area contributed by atoms with Gasteiger partial charge in [0.05, 0.1) is 13.5 Å². The first-order chi connectivity index (χ1) is 10.6. The molecule has 0 bridgehead atoms. The maximum absolute atomic E-state index is 13.7. The minimum absolute atomic E-state index is 0.0857. The molecule has 0 aliphatic carbocycles. The molecule has 2 aromatic carbocycles. The van der Waals surface area contributed by atoms with E-state index in [1.165, 1.54) is 6.07 Å². The second kappa shape index (κ2) is 5.75. The van der Waals surface area contributed by atoms with E-state index in [0.29, 0.717) is 6.54 Å². The van der Waals surface area contributed by atoms with E-state index in [4.69, 9.17) is 4.74 Å². The van der Waals surface area contributed by atoms with Crippen molar-refractivity contribution in [2.45, 2.75) is 12.8 Å². The van der Waals surface area contributed by atoms with Crippen LogP contribution in [0, 0.1) is 11.6 Å². The summed E-state index contributed by atoms with van der Waals surface area (Å²) in [4.78, 5) is 14.0. The van der Waals surface area contributed by atoms with E-state index in [-0.39, 0.29) is 17.9 Å². The lowest BCUT2D eigenvalue weighted by Gasteiger charge is -2.18. The smallest absolute Gasteiger partial charge is 0.231 e. The van der Waals surface area contributed by atoms with Crippen LogP contribution in [-0.4, -0.2) is 19.6 Å². The van der Waals surface area contributed by atoms with Gasteiger partial charge in [-0.25, -0.2) is 8.78 Å². The molecule has 1 aliphatic rings. The highest BCUT2D eigenvalue weighted by Gasteiger charge is 2.25. The van der Waals surface area contributed by atoms with Gasteiger partial charge in [-0.3, -0.25) is 4.79 Å². The summed E-state index contributed by atoms with van der Waals surface area (Å²) in [6.07, 6.45) is 0.655. The number of rotatable bonds is 3. The van der Waals surface area contributed by atoms with Gasteiger partial charge in [0.1, 0.15) is 17.4 Å². The van der Waals surface area contributed by atoms with E-state index in [9.17, 15) is 13.6 Å². The fraction of sp³-hybridized carbons (Fsp3) is 0.235. The molecule has 1 aliphatic heterocycles. The normalized spacial score (nSPS) is 13.1. The summed E-state index contributed by atoms with van der Waals surface area (Å²) < 4.78 is 31.7. The number of fused-ring (bicyclic) bond motifs is 1. The van der Waals surface area contributed by atoms with Crippen LogP contribution in [0.4, 0.5) is 14.5 Å². The van der Waals surface area contributed by atoms with Crippen LogP contribution in [0.15, 0.2) is 36.4 Å². The maximum Gasteiger partial charge on any atom is 0.231 e. The molecule has 0 saturated heterocycles. The van der Waals surface area contributed by atoms with Crippen molar-refractivity contribution in [2.75, 3.05) is 18.6 Å². The van der Waals surface area contributed by atoms with Crippen molar-refractivity contribution in [3.05, 3.63) is 59.2 Å². The van der Waals surface area contributed by atoms with Crippen LogP contribution >= 0.6 is 0 Å². The third-order valence-electron chi connectivity index (χ3n) is 3.84. The fourth-order valence-electron chi connectivity index (χ4n) is 2.69. The van der Waals surface area contributed by atoms with Gasteiger partial charge in [-0.05, 0) is 41.8 Å². The Morgan fingerprint density at radius 2 is 2.05 bits per heavy atom. The Morgan fingerprint density at radius 3 is 2.77 bits per heavy atom. The first-order valence-corrected chi connectivity index (χ1v) is 6.99. The molecule has 0 N–H and O–H groups in total. The number of carbonyl (C=O) groups excluding carboxylic acids is 1. The van der Waals surface area contributed by atoms with Gasteiger partial charge in [-0.2, -0.15) is 0 Å². The summed E-state index contributed by atoms with van der Waals surface area (Å²) in [6, 6.07) is 8.80. The first kappa shape index (κ1) is 14.5. The number of halogens is 2. The number of amides is 1.